The number of piperidine rings is 2. The number of nitrogens with zero attached hydrogens (tertiary/aromatic N) is 5. The second-order valence-corrected chi connectivity index (χ2v) is 8.35. The summed E-state index contributed by atoms with van der Waals surface area (Å²) in [6.45, 7) is 0. The van der Waals surface area contributed by atoms with E-state index in [4.69, 9.17) is 0 Å². The minimum atomic E-state index is 0.468. The molecule has 3 N–H and O–H groups in total. The Morgan fingerprint density at radius 2 is 1.93 bits per heavy atom. The Morgan fingerprint density at radius 1 is 1.03 bits per heavy atom. The highest BCUT2D eigenvalue weighted by Crippen LogP contribution is 2.31. The maximum Gasteiger partial charge on any atom is 0.148 e. The standard InChI is InChI=1S/C22H24N8/c1-3-14-11-16(12-15(4-1)25-14)26-21-8-6-19(27-28-21)17-5-7-20(30-10-2-9-24-30)22-18(17)13-23-29-22/h2,5-10,13-16,25H,1,3-4,11-12H2,(H,23,29)(H,26,28)/t14-,15+,16?. The fourth-order valence-corrected chi connectivity index (χ4v) is 4.99. The van der Waals surface area contributed by atoms with Crippen LogP contribution in [0.25, 0.3) is 27.8 Å². The van der Waals surface area contributed by atoms with Crippen LogP contribution in [0.4, 0.5) is 5.82 Å². The van der Waals surface area contributed by atoms with Crippen LogP contribution >= 0.6 is 0 Å². The summed E-state index contributed by atoms with van der Waals surface area (Å²) in [6, 6.07) is 11.8. The van der Waals surface area contributed by atoms with Crippen molar-refractivity contribution in [3.8, 4) is 16.9 Å². The molecule has 5 heterocycles. The van der Waals surface area contributed by atoms with Crippen molar-refractivity contribution in [3.05, 3.63) is 48.9 Å². The number of rotatable bonds is 4. The first-order valence-corrected chi connectivity index (χ1v) is 10.7. The molecule has 0 aliphatic carbocycles. The molecular weight excluding hydrogens is 376 g/mol. The van der Waals surface area contributed by atoms with Crippen molar-refractivity contribution < 1.29 is 0 Å². The van der Waals surface area contributed by atoms with Crippen molar-refractivity contribution in [3.63, 3.8) is 0 Å². The zero-order chi connectivity index (χ0) is 19.9. The molecule has 8 nitrogen and oxygen atoms in total. The van der Waals surface area contributed by atoms with E-state index in [2.05, 4.69) is 42.2 Å². The largest absolute Gasteiger partial charge is 0.366 e. The molecule has 3 aromatic heterocycles. The molecule has 0 amide bonds. The van der Waals surface area contributed by atoms with E-state index in [0.29, 0.717) is 18.1 Å². The van der Waals surface area contributed by atoms with Gasteiger partial charge in [-0.05, 0) is 56.0 Å². The monoisotopic (exact) mass is 400 g/mol. The van der Waals surface area contributed by atoms with Crippen LogP contribution in [0.1, 0.15) is 32.1 Å². The zero-order valence-electron chi connectivity index (χ0n) is 16.6. The van der Waals surface area contributed by atoms with E-state index in [-0.39, 0.29) is 0 Å². The maximum atomic E-state index is 4.52. The molecule has 0 radical (unpaired) electrons. The normalized spacial score (nSPS) is 23.5. The lowest BCUT2D eigenvalue weighted by molar-refractivity contribution is 0.230. The lowest BCUT2D eigenvalue weighted by Crippen LogP contribution is -2.52. The number of H-pyrrole nitrogens is 1. The van der Waals surface area contributed by atoms with Gasteiger partial charge < -0.3 is 10.6 Å². The molecule has 2 aliphatic rings. The fourth-order valence-electron chi connectivity index (χ4n) is 4.99. The van der Waals surface area contributed by atoms with Gasteiger partial charge in [-0.1, -0.05) is 6.42 Å². The Morgan fingerprint density at radius 3 is 2.70 bits per heavy atom. The number of aromatic amines is 1. The van der Waals surface area contributed by atoms with Gasteiger partial charge >= 0.3 is 0 Å². The summed E-state index contributed by atoms with van der Waals surface area (Å²) in [4.78, 5) is 0. The van der Waals surface area contributed by atoms with Crippen LogP contribution in [0, 0.1) is 0 Å². The van der Waals surface area contributed by atoms with Gasteiger partial charge in [-0.3, -0.25) is 5.10 Å². The maximum absolute atomic E-state index is 4.52. The minimum absolute atomic E-state index is 0.468. The van der Waals surface area contributed by atoms with Crippen LogP contribution in [0.15, 0.2) is 48.9 Å². The second-order valence-electron chi connectivity index (χ2n) is 8.35. The first-order chi connectivity index (χ1) is 14.8. The molecule has 0 saturated carbocycles. The van der Waals surface area contributed by atoms with Gasteiger partial charge in [0.15, 0.2) is 0 Å². The van der Waals surface area contributed by atoms with Gasteiger partial charge in [-0.2, -0.15) is 10.2 Å². The topological polar surface area (TPSA) is 96.3 Å². The van der Waals surface area contributed by atoms with Crippen molar-refractivity contribution in [1.82, 2.24) is 35.5 Å². The van der Waals surface area contributed by atoms with Gasteiger partial charge in [0, 0.05) is 41.5 Å². The quantitative estimate of drug-likeness (QED) is 0.486. The molecule has 2 aliphatic heterocycles. The number of nitrogens with one attached hydrogen (secondary N) is 3. The molecule has 8 heteroatoms. The number of hydrogen-bond donors (Lipinski definition) is 3. The summed E-state index contributed by atoms with van der Waals surface area (Å²) in [6.07, 6.45) is 11.8. The molecule has 3 atom stereocenters. The lowest BCUT2D eigenvalue weighted by atomic mass is 9.84. The van der Waals surface area contributed by atoms with Crippen LogP contribution in [0.3, 0.4) is 0 Å². The molecule has 4 aromatic rings. The van der Waals surface area contributed by atoms with E-state index in [1.165, 1.54) is 19.3 Å². The molecule has 1 aromatic carbocycles. The molecule has 1 unspecified atom stereocenters. The van der Waals surface area contributed by atoms with Crippen molar-refractivity contribution in [1.29, 1.82) is 0 Å². The van der Waals surface area contributed by atoms with Crippen LogP contribution in [0.5, 0.6) is 0 Å². The second kappa shape index (κ2) is 7.21. The Bertz CT molecular complexity index is 1140. The summed E-state index contributed by atoms with van der Waals surface area (Å²) >= 11 is 0. The van der Waals surface area contributed by atoms with Crippen LogP contribution < -0.4 is 10.6 Å². The lowest BCUT2D eigenvalue weighted by Gasteiger charge is -2.40. The van der Waals surface area contributed by atoms with E-state index in [1.54, 1.807) is 6.20 Å². The molecule has 2 saturated heterocycles. The SMILES string of the molecule is c1cnn(-c2ccc(-c3ccc(NC4C[C@H]5CCC[C@@H](C4)N5)nn3)c3cn[nH]c23)c1. The predicted octanol–water partition coefficient (Wildman–Crippen LogP) is 3.29. The number of anilines is 1. The molecule has 2 bridgehead atoms. The van der Waals surface area contributed by atoms with E-state index in [1.807, 2.05) is 41.3 Å². The van der Waals surface area contributed by atoms with E-state index >= 15 is 0 Å². The van der Waals surface area contributed by atoms with Crippen molar-refractivity contribution in [2.24, 2.45) is 0 Å². The highest BCUT2D eigenvalue weighted by atomic mass is 15.3. The first kappa shape index (κ1) is 17.6. The smallest absolute Gasteiger partial charge is 0.148 e. The van der Waals surface area contributed by atoms with E-state index in [0.717, 1.165) is 46.5 Å². The third-order valence-corrected chi connectivity index (χ3v) is 6.35. The van der Waals surface area contributed by atoms with Crippen molar-refractivity contribution in [2.45, 2.75) is 50.2 Å². The van der Waals surface area contributed by atoms with Gasteiger partial charge in [0.25, 0.3) is 0 Å². The molecule has 0 spiro atoms. The Hall–Kier alpha value is -3.26. The van der Waals surface area contributed by atoms with Crippen LogP contribution in [-0.4, -0.2) is 48.3 Å². The van der Waals surface area contributed by atoms with Gasteiger partial charge in [0.2, 0.25) is 0 Å². The third-order valence-electron chi connectivity index (χ3n) is 6.35. The molecule has 152 valence electrons. The number of benzene rings is 1. The van der Waals surface area contributed by atoms with Gasteiger partial charge in [0.05, 0.1) is 23.1 Å². The first-order valence-electron chi connectivity index (χ1n) is 10.7. The summed E-state index contributed by atoms with van der Waals surface area (Å²) in [5.74, 6) is 0.848. The van der Waals surface area contributed by atoms with Crippen LogP contribution in [-0.2, 0) is 0 Å². The molecule has 6 rings (SSSR count). The summed E-state index contributed by atoms with van der Waals surface area (Å²) in [5.41, 5.74) is 3.73. The summed E-state index contributed by atoms with van der Waals surface area (Å²) in [5, 5.41) is 29.0. The predicted molar refractivity (Wildman–Crippen MR) is 115 cm³/mol. The minimum Gasteiger partial charge on any atom is -0.366 e. The number of fused-ring (bicyclic) bond motifs is 3. The Balaban J connectivity index is 1.25. The Kier molecular flexibility index (Phi) is 4.23. The molecule has 2 fully saturated rings. The fraction of sp³-hybridized carbons (Fsp3) is 0.364. The third kappa shape index (κ3) is 3.13. The van der Waals surface area contributed by atoms with Crippen LogP contribution in [0.2, 0.25) is 0 Å². The van der Waals surface area contributed by atoms with E-state index in [9.17, 15) is 0 Å². The average molecular weight is 400 g/mol. The summed E-state index contributed by atoms with van der Waals surface area (Å²) < 4.78 is 1.83. The number of hydrogen-bond acceptors (Lipinski definition) is 6. The number of aromatic nitrogens is 6. The van der Waals surface area contributed by atoms with E-state index < -0.39 is 0 Å². The van der Waals surface area contributed by atoms with Crippen molar-refractivity contribution in [2.75, 3.05) is 5.32 Å². The highest BCUT2D eigenvalue weighted by Gasteiger charge is 2.31. The van der Waals surface area contributed by atoms with Gasteiger partial charge in [-0.25, -0.2) is 4.68 Å². The summed E-state index contributed by atoms with van der Waals surface area (Å²) in [7, 11) is 0. The average Bonchev–Trinajstić information content (AvgIpc) is 3.46. The molecule has 30 heavy (non-hydrogen) atoms. The van der Waals surface area contributed by atoms with Crippen molar-refractivity contribution >= 4 is 16.7 Å². The zero-order valence-corrected chi connectivity index (χ0v) is 16.6. The van der Waals surface area contributed by atoms with Gasteiger partial charge in [0.1, 0.15) is 5.82 Å². The highest BCUT2D eigenvalue weighted by molar-refractivity contribution is 5.97. The molecular formula is C22H24N8. The Labute approximate surface area is 174 Å². The van der Waals surface area contributed by atoms with Gasteiger partial charge in [-0.15, -0.1) is 10.2 Å².